The number of nitrogens with one attached hydrogen (secondary N) is 1. The average Bonchev–Trinajstić information content (AvgIpc) is 2.38. The van der Waals surface area contributed by atoms with E-state index in [0.29, 0.717) is 6.54 Å². The molecule has 0 radical (unpaired) electrons. The molecule has 0 aliphatic heterocycles. The summed E-state index contributed by atoms with van der Waals surface area (Å²) in [5.41, 5.74) is 12.5. The van der Waals surface area contributed by atoms with Gasteiger partial charge in [-0.3, -0.25) is 0 Å². The third-order valence-electron chi connectivity index (χ3n) is 2.30. The van der Waals surface area contributed by atoms with Crippen molar-refractivity contribution in [2.45, 2.75) is 40.0 Å². The molecule has 0 aromatic heterocycles. The fourth-order valence-electron chi connectivity index (χ4n) is 1.39. The van der Waals surface area contributed by atoms with Gasteiger partial charge in [0.15, 0.2) is 12.3 Å². The second-order valence-electron chi connectivity index (χ2n) is 3.94. The van der Waals surface area contributed by atoms with Crippen LogP contribution in [0.3, 0.4) is 0 Å². The van der Waals surface area contributed by atoms with Gasteiger partial charge in [0, 0.05) is 19.5 Å². The monoisotopic (exact) mass is 268 g/mol. The second kappa shape index (κ2) is 10.3. The summed E-state index contributed by atoms with van der Waals surface area (Å²) >= 11 is 0. The SMILES string of the molecule is CC.Cc1ccc(CNCCC(F)N=C(N)N)cc1. The van der Waals surface area contributed by atoms with E-state index in [4.69, 9.17) is 11.5 Å². The Morgan fingerprint density at radius 3 is 2.37 bits per heavy atom. The van der Waals surface area contributed by atoms with Crippen molar-refractivity contribution >= 4 is 5.96 Å². The molecule has 1 atom stereocenters. The number of aliphatic imine (C=N–C) groups is 1. The summed E-state index contributed by atoms with van der Waals surface area (Å²) in [6.07, 6.45) is -1.06. The number of nitrogens with two attached hydrogens (primary N) is 2. The Bertz CT molecular complexity index is 358. The lowest BCUT2D eigenvalue weighted by Crippen LogP contribution is -2.25. The maximum atomic E-state index is 13.0. The van der Waals surface area contributed by atoms with Crippen molar-refractivity contribution < 1.29 is 4.39 Å². The summed E-state index contributed by atoms with van der Waals surface area (Å²) in [5.74, 6) is -0.212. The van der Waals surface area contributed by atoms with E-state index in [1.54, 1.807) is 0 Å². The molecule has 0 saturated carbocycles. The van der Waals surface area contributed by atoms with E-state index in [9.17, 15) is 4.39 Å². The first kappa shape index (κ1) is 17.4. The van der Waals surface area contributed by atoms with Crippen LogP contribution in [0.15, 0.2) is 29.3 Å². The van der Waals surface area contributed by atoms with Gasteiger partial charge in [0.1, 0.15) is 0 Å². The molecule has 19 heavy (non-hydrogen) atoms. The van der Waals surface area contributed by atoms with Gasteiger partial charge in [-0.1, -0.05) is 43.7 Å². The molecular weight excluding hydrogens is 243 g/mol. The Kier molecular flexibility index (Phi) is 9.44. The van der Waals surface area contributed by atoms with Gasteiger partial charge in [-0.2, -0.15) is 0 Å². The van der Waals surface area contributed by atoms with Gasteiger partial charge in [-0.25, -0.2) is 9.38 Å². The number of hydrogen-bond donors (Lipinski definition) is 3. The highest BCUT2D eigenvalue weighted by molar-refractivity contribution is 5.75. The van der Waals surface area contributed by atoms with Crippen LogP contribution in [0.25, 0.3) is 0 Å². The zero-order valence-electron chi connectivity index (χ0n) is 12.0. The highest BCUT2D eigenvalue weighted by Gasteiger charge is 2.02. The number of hydrogen-bond acceptors (Lipinski definition) is 2. The van der Waals surface area contributed by atoms with Crippen LogP contribution in [-0.4, -0.2) is 18.8 Å². The third-order valence-corrected chi connectivity index (χ3v) is 2.30. The zero-order valence-corrected chi connectivity index (χ0v) is 12.0. The molecule has 0 fully saturated rings. The predicted molar refractivity (Wildman–Crippen MR) is 79.6 cm³/mol. The molecular formula is C14H25FN4. The largest absolute Gasteiger partial charge is 0.370 e. The number of benzene rings is 1. The summed E-state index contributed by atoms with van der Waals surface area (Å²) in [4.78, 5) is 3.40. The Morgan fingerprint density at radius 2 is 1.84 bits per heavy atom. The summed E-state index contributed by atoms with van der Waals surface area (Å²) in [6, 6.07) is 8.19. The molecule has 1 unspecified atom stereocenters. The fourth-order valence-corrected chi connectivity index (χ4v) is 1.39. The molecule has 1 rings (SSSR count). The summed E-state index contributed by atoms with van der Waals surface area (Å²) in [5, 5.41) is 3.13. The Labute approximate surface area is 115 Å². The minimum atomic E-state index is -1.33. The van der Waals surface area contributed by atoms with Crippen LogP contribution in [-0.2, 0) is 6.54 Å². The molecule has 0 aliphatic rings. The number of rotatable bonds is 6. The molecule has 0 aliphatic carbocycles. The van der Waals surface area contributed by atoms with Crippen LogP contribution in [0.2, 0.25) is 0 Å². The van der Waals surface area contributed by atoms with Crippen LogP contribution < -0.4 is 16.8 Å². The van der Waals surface area contributed by atoms with E-state index in [1.807, 2.05) is 45.0 Å². The van der Waals surface area contributed by atoms with Gasteiger partial charge < -0.3 is 16.8 Å². The maximum absolute atomic E-state index is 13.0. The van der Waals surface area contributed by atoms with Crippen LogP contribution >= 0.6 is 0 Å². The number of aryl methyl sites for hydroxylation is 1. The van der Waals surface area contributed by atoms with Crippen molar-refractivity contribution in [2.24, 2.45) is 16.5 Å². The van der Waals surface area contributed by atoms with E-state index < -0.39 is 6.30 Å². The minimum absolute atomic E-state index is 0.212. The molecule has 0 amide bonds. The molecule has 4 nitrogen and oxygen atoms in total. The smallest absolute Gasteiger partial charge is 0.194 e. The first-order valence-corrected chi connectivity index (χ1v) is 6.57. The van der Waals surface area contributed by atoms with Gasteiger partial charge in [0.25, 0.3) is 0 Å². The van der Waals surface area contributed by atoms with Crippen molar-refractivity contribution in [3.05, 3.63) is 35.4 Å². The topological polar surface area (TPSA) is 76.4 Å². The molecule has 1 aromatic rings. The fraction of sp³-hybridized carbons (Fsp3) is 0.500. The molecule has 0 spiro atoms. The standard InChI is InChI=1S/C12H19FN4.C2H6/c1-9-2-4-10(5-3-9)8-16-7-6-11(13)17-12(14)15;1-2/h2-5,11,16H,6-8H2,1H3,(H4,14,15,17);1-2H3. The lowest BCUT2D eigenvalue weighted by atomic mass is 10.1. The molecule has 108 valence electrons. The number of guanidine groups is 1. The number of alkyl halides is 1. The van der Waals surface area contributed by atoms with Crippen molar-refractivity contribution in [3.8, 4) is 0 Å². The molecule has 0 heterocycles. The van der Waals surface area contributed by atoms with Gasteiger partial charge in [-0.05, 0) is 12.5 Å². The third kappa shape index (κ3) is 9.02. The van der Waals surface area contributed by atoms with Crippen molar-refractivity contribution in [1.29, 1.82) is 0 Å². The molecule has 5 N–H and O–H groups in total. The van der Waals surface area contributed by atoms with E-state index in [0.717, 1.165) is 6.54 Å². The number of nitrogens with zero attached hydrogens (tertiary/aromatic N) is 1. The first-order valence-electron chi connectivity index (χ1n) is 6.57. The summed E-state index contributed by atoms with van der Waals surface area (Å²) < 4.78 is 13.0. The maximum Gasteiger partial charge on any atom is 0.194 e. The number of halogens is 1. The van der Waals surface area contributed by atoms with Crippen LogP contribution in [0.1, 0.15) is 31.4 Å². The Morgan fingerprint density at radius 1 is 1.26 bits per heavy atom. The Hall–Kier alpha value is -1.62. The molecule has 1 aromatic carbocycles. The molecule has 5 heteroatoms. The molecule has 0 bridgehead atoms. The predicted octanol–water partition coefficient (Wildman–Crippen LogP) is 2.07. The van der Waals surface area contributed by atoms with Crippen molar-refractivity contribution in [3.63, 3.8) is 0 Å². The average molecular weight is 268 g/mol. The van der Waals surface area contributed by atoms with Crippen molar-refractivity contribution in [2.75, 3.05) is 6.54 Å². The van der Waals surface area contributed by atoms with Gasteiger partial charge in [0.2, 0.25) is 0 Å². The van der Waals surface area contributed by atoms with E-state index >= 15 is 0 Å². The summed E-state index contributed by atoms with van der Waals surface area (Å²) in [7, 11) is 0. The van der Waals surface area contributed by atoms with Gasteiger partial charge in [0.05, 0.1) is 0 Å². The van der Waals surface area contributed by atoms with Crippen molar-refractivity contribution in [1.82, 2.24) is 5.32 Å². The highest BCUT2D eigenvalue weighted by Crippen LogP contribution is 2.03. The lowest BCUT2D eigenvalue weighted by molar-refractivity contribution is 0.322. The highest BCUT2D eigenvalue weighted by atomic mass is 19.1. The van der Waals surface area contributed by atoms with Crippen LogP contribution in [0.4, 0.5) is 4.39 Å². The van der Waals surface area contributed by atoms with E-state index in [1.165, 1.54) is 11.1 Å². The normalized spacial score (nSPS) is 11.2. The quantitative estimate of drug-likeness (QED) is 0.320. The lowest BCUT2D eigenvalue weighted by Gasteiger charge is -2.06. The Balaban J connectivity index is 0.00000154. The van der Waals surface area contributed by atoms with E-state index in [2.05, 4.69) is 10.3 Å². The van der Waals surface area contributed by atoms with E-state index in [-0.39, 0.29) is 12.4 Å². The van der Waals surface area contributed by atoms with Crippen LogP contribution in [0, 0.1) is 6.92 Å². The second-order valence-corrected chi connectivity index (χ2v) is 3.94. The first-order chi connectivity index (χ1) is 9.08. The minimum Gasteiger partial charge on any atom is -0.370 e. The summed E-state index contributed by atoms with van der Waals surface area (Å²) in [6.45, 7) is 7.29. The van der Waals surface area contributed by atoms with Gasteiger partial charge in [-0.15, -0.1) is 0 Å². The van der Waals surface area contributed by atoms with Crippen LogP contribution in [0.5, 0.6) is 0 Å². The zero-order chi connectivity index (χ0) is 14.7. The van der Waals surface area contributed by atoms with Gasteiger partial charge >= 0.3 is 0 Å². The molecule has 0 saturated heterocycles.